The van der Waals surface area contributed by atoms with Crippen LogP contribution in [0.3, 0.4) is 0 Å². The molecule has 0 bridgehead atoms. The van der Waals surface area contributed by atoms with Gasteiger partial charge in [-0.3, -0.25) is 5.10 Å². The maximum atomic E-state index is 5.97. The van der Waals surface area contributed by atoms with Crippen LogP contribution < -0.4 is 5.73 Å². The topological polar surface area (TPSA) is 54.7 Å². The second kappa shape index (κ2) is 5.04. The van der Waals surface area contributed by atoms with Crippen molar-refractivity contribution in [3.05, 3.63) is 72.8 Å². The highest BCUT2D eigenvalue weighted by molar-refractivity contribution is 5.99. The van der Waals surface area contributed by atoms with Crippen molar-refractivity contribution >= 4 is 16.7 Å². The van der Waals surface area contributed by atoms with E-state index in [-0.39, 0.29) is 0 Å². The summed E-state index contributed by atoms with van der Waals surface area (Å²) in [7, 11) is 0. The van der Waals surface area contributed by atoms with Crippen molar-refractivity contribution < 1.29 is 0 Å². The lowest BCUT2D eigenvalue weighted by Gasteiger charge is -2.11. The van der Waals surface area contributed by atoms with Gasteiger partial charge < -0.3 is 5.73 Å². The number of benzene rings is 3. The van der Waals surface area contributed by atoms with Gasteiger partial charge in [-0.15, -0.1) is 0 Å². The minimum Gasteiger partial charge on any atom is -0.382 e. The van der Waals surface area contributed by atoms with Crippen LogP contribution in [0.4, 0.5) is 5.82 Å². The number of nitrogens with two attached hydrogens (primary N) is 1. The molecular weight excluding hydrogens is 270 g/mol. The predicted molar refractivity (Wildman–Crippen MR) is 91.4 cm³/mol. The van der Waals surface area contributed by atoms with Crippen molar-refractivity contribution in [2.24, 2.45) is 0 Å². The molecule has 3 nitrogen and oxygen atoms in total. The Morgan fingerprint density at radius 3 is 1.86 bits per heavy atom. The molecule has 1 aromatic heterocycles. The summed E-state index contributed by atoms with van der Waals surface area (Å²) in [6.45, 7) is 0. The van der Waals surface area contributed by atoms with Gasteiger partial charge in [0.15, 0.2) is 5.82 Å². The molecule has 0 amide bonds. The molecule has 0 radical (unpaired) electrons. The molecule has 0 aliphatic rings. The van der Waals surface area contributed by atoms with Crippen LogP contribution in [0.2, 0.25) is 0 Å². The Bertz CT molecular complexity index is 925. The summed E-state index contributed by atoms with van der Waals surface area (Å²) in [6, 6.07) is 25.0. The SMILES string of the molecule is Nc1n[nH]c2cc(-c3ccccc3)c(-c3ccccc3)cc12. The molecule has 0 saturated carbocycles. The van der Waals surface area contributed by atoms with Gasteiger partial charge in [-0.25, -0.2) is 0 Å². The molecule has 0 saturated heterocycles. The highest BCUT2D eigenvalue weighted by Crippen LogP contribution is 2.36. The Morgan fingerprint density at radius 1 is 0.727 bits per heavy atom. The van der Waals surface area contributed by atoms with E-state index in [1.165, 1.54) is 16.7 Å². The van der Waals surface area contributed by atoms with Gasteiger partial charge in [-0.2, -0.15) is 5.10 Å². The van der Waals surface area contributed by atoms with Crippen LogP contribution in [0.1, 0.15) is 0 Å². The van der Waals surface area contributed by atoms with Crippen LogP contribution in [0.5, 0.6) is 0 Å². The van der Waals surface area contributed by atoms with E-state index >= 15 is 0 Å². The van der Waals surface area contributed by atoms with Crippen LogP contribution >= 0.6 is 0 Å². The zero-order valence-electron chi connectivity index (χ0n) is 12.0. The highest BCUT2D eigenvalue weighted by atomic mass is 15.1. The first kappa shape index (κ1) is 12.7. The number of hydrogen-bond donors (Lipinski definition) is 2. The Morgan fingerprint density at radius 2 is 1.27 bits per heavy atom. The molecule has 0 fully saturated rings. The smallest absolute Gasteiger partial charge is 0.153 e. The van der Waals surface area contributed by atoms with Gasteiger partial charge >= 0.3 is 0 Å². The normalized spacial score (nSPS) is 10.9. The molecule has 0 unspecified atom stereocenters. The van der Waals surface area contributed by atoms with E-state index < -0.39 is 0 Å². The first-order valence-electron chi connectivity index (χ1n) is 7.21. The molecule has 4 aromatic rings. The number of H-pyrrole nitrogens is 1. The number of aromatic nitrogens is 2. The summed E-state index contributed by atoms with van der Waals surface area (Å²) in [5, 5.41) is 8.08. The first-order chi connectivity index (χ1) is 10.8. The lowest BCUT2D eigenvalue weighted by atomic mass is 9.93. The lowest BCUT2D eigenvalue weighted by Crippen LogP contribution is -1.88. The van der Waals surface area contributed by atoms with Crippen molar-refractivity contribution in [3.8, 4) is 22.3 Å². The predicted octanol–water partition coefficient (Wildman–Crippen LogP) is 4.48. The monoisotopic (exact) mass is 285 g/mol. The van der Waals surface area contributed by atoms with E-state index in [1.54, 1.807) is 0 Å². The van der Waals surface area contributed by atoms with Gasteiger partial charge in [0.25, 0.3) is 0 Å². The van der Waals surface area contributed by atoms with Gasteiger partial charge in [-0.1, -0.05) is 60.7 Å². The zero-order chi connectivity index (χ0) is 14.9. The minimum atomic E-state index is 0.534. The molecule has 1 heterocycles. The van der Waals surface area contributed by atoms with Crippen LogP contribution in [0, 0.1) is 0 Å². The molecule has 3 aromatic carbocycles. The fourth-order valence-corrected chi connectivity index (χ4v) is 2.80. The summed E-state index contributed by atoms with van der Waals surface area (Å²) in [5.74, 6) is 0.534. The van der Waals surface area contributed by atoms with Crippen molar-refractivity contribution in [2.45, 2.75) is 0 Å². The molecule has 3 N–H and O–H groups in total. The maximum Gasteiger partial charge on any atom is 0.153 e. The number of aromatic amines is 1. The summed E-state index contributed by atoms with van der Waals surface area (Å²) < 4.78 is 0. The lowest BCUT2D eigenvalue weighted by molar-refractivity contribution is 1.13. The molecular formula is C19H15N3. The quantitative estimate of drug-likeness (QED) is 0.570. The number of hydrogen-bond acceptors (Lipinski definition) is 2. The van der Waals surface area contributed by atoms with Crippen molar-refractivity contribution in [3.63, 3.8) is 0 Å². The Labute approximate surface area is 128 Å². The van der Waals surface area contributed by atoms with E-state index in [0.29, 0.717) is 5.82 Å². The third-order valence-corrected chi connectivity index (χ3v) is 3.90. The van der Waals surface area contributed by atoms with Gasteiger partial charge in [-0.05, 0) is 34.4 Å². The summed E-state index contributed by atoms with van der Waals surface area (Å²) in [5.41, 5.74) is 11.6. The van der Waals surface area contributed by atoms with Gasteiger partial charge in [0.05, 0.1) is 5.52 Å². The van der Waals surface area contributed by atoms with Crippen LogP contribution in [-0.4, -0.2) is 10.2 Å². The highest BCUT2D eigenvalue weighted by Gasteiger charge is 2.12. The number of nitrogen functional groups attached to an aromatic ring is 1. The standard InChI is InChI=1S/C19H15N3/c20-19-17-11-15(13-7-3-1-4-8-13)16(12-18(17)21-22-19)14-9-5-2-6-10-14/h1-12H,(H3,20,21,22). The van der Waals surface area contributed by atoms with Crippen molar-refractivity contribution in [1.29, 1.82) is 0 Å². The van der Waals surface area contributed by atoms with E-state index in [0.717, 1.165) is 16.5 Å². The van der Waals surface area contributed by atoms with Crippen molar-refractivity contribution in [2.75, 3.05) is 5.73 Å². The number of anilines is 1. The fraction of sp³-hybridized carbons (Fsp3) is 0. The largest absolute Gasteiger partial charge is 0.382 e. The van der Waals surface area contributed by atoms with Crippen molar-refractivity contribution in [1.82, 2.24) is 10.2 Å². The van der Waals surface area contributed by atoms with E-state index in [9.17, 15) is 0 Å². The zero-order valence-corrected chi connectivity index (χ0v) is 12.0. The Kier molecular flexibility index (Phi) is 2.90. The maximum absolute atomic E-state index is 5.97. The fourth-order valence-electron chi connectivity index (χ4n) is 2.80. The summed E-state index contributed by atoms with van der Waals surface area (Å²) in [6.07, 6.45) is 0. The summed E-state index contributed by atoms with van der Waals surface area (Å²) >= 11 is 0. The van der Waals surface area contributed by atoms with Gasteiger partial charge in [0, 0.05) is 5.39 Å². The van der Waals surface area contributed by atoms with Gasteiger partial charge in [0.2, 0.25) is 0 Å². The third kappa shape index (κ3) is 2.04. The molecule has 0 atom stereocenters. The minimum absolute atomic E-state index is 0.534. The van der Waals surface area contributed by atoms with Crippen LogP contribution in [0.15, 0.2) is 72.8 Å². The van der Waals surface area contributed by atoms with E-state index in [1.807, 2.05) is 24.3 Å². The van der Waals surface area contributed by atoms with E-state index in [2.05, 4.69) is 58.7 Å². The summed E-state index contributed by atoms with van der Waals surface area (Å²) in [4.78, 5) is 0. The second-order valence-electron chi connectivity index (χ2n) is 5.28. The average molecular weight is 285 g/mol. The third-order valence-electron chi connectivity index (χ3n) is 3.90. The first-order valence-corrected chi connectivity index (χ1v) is 7.21. The number of rotatable bonds is 2. The molecule has 4 rings (SSSR count). The second-order valence-corrected chi connectivity index (χ2v) is 5.28. The Balaban J connectivity index is 2.05. The number of nitrogens with one attached hydrogen (secondary N) is 1. The Hall–Kier alpha value is -3.07. The molecule has 0 spiro atoms. The molecule has 0 aliphatic heterocycles. The molecule has 106 valence electrons. The van der Waals surface area contributed by atoms with Gasteiger partial charge in [0.1, 0.15) is 0 Å². The number of nitrogens with zero attached hydrogens (tertiary/aromatic N) is 1. The van der Waals surface area contributed by atoms with Crippen LogP contribution in [0.25, 0.3) is 33.2 Å². The van der Waals surface area contributed by atoms with Crippen LogP contribution in [-0.2, 0) is 0 Å². The molecule has 3 heteroatoms. The van der Waals surface area contributed by atoms with E-state index in [4.69, 9.17) is 5.73 Å². The average Bonchev–Trinajstić information content (AvgIpc) is 2.96. The molecule has 22 heavy (non-hydrogen) atoms. The molecule has 0 aliphatic carbocycles. The number of fused-ring (bicyclic) bond motifs is 1.